The van der Waals surface area contributed by atoms with Gasteiger partial charge in [-0.2, -0.15) is 0 Å². The minimum absolute atomic E-state index is 0.195. The maximum Gasteiger partial charge on any atom is 0.187 e. The van der Waals surface area contributed by atoms with Crippen molar-refractivity contribution in [3.63, 3.8) is 0 Å². The number of benzene rings is 1. The molecule has 3 heterocycles. The summed E-state index contributed by atoms with van der Waals surface area (Å²) in [7, 11) is 0. The van der Waals surface area contributed by atoms with E-state index >= 15 is 0 Å². The Hall–Kier alpha value is -1.33. The molecule has 4 rings (SSSR count). The Morgan fingerprint density at radius 2 is 2.10 bits per heavy atom. The van der Waals surface area contributed by atoms with Crippen LogP contribution in [0.5, 0.6) is 5.75 Å². The molecule has 2 unspecified atom stereocenters. The quantitative estimate of drug-likeness (QED) is 0.871. The molecule has 1 aromatic heterocycles. The fourth-order valence-corrected chi connectivity index (χ4v) is 4.44. The molecule has 2 saturated heterocycles. The van der Waals surface area contributed by atoms with E-state index in [9.17, 15) is 0 Å². The minimum atomic E-state index is 0.195. The SMILES string of the molecule is Cc1c(OC(C)C)ccc2nc(N3C4COCC3C4)sc12. The van der Waals surface area contributed by atoms with Crippen molar-refractivity contribution in [2.24, 2.45) is 0 Å². The molecule has 2 bridgehead atoms. The molecule has 0 spiro atoms. The van der Waals surface area contributed by atoms with Crippen LogP contribution in [0, 0.1) is 6.92 Å². The lowest BCUT2D eigenvalue weighted by molar-refractivity contribution is 0.0103. The van der Waals surface area contributed by atoms with Crippen LogP contribution >= 0.6 is 11.3 Å². The van der Waals surface area contributed by atoms with Crippen LogP contribution in [0.3, 0.4) is 0 Å². The molecule has 2 aliphatic rings. The number of hydrogen-bond acceptors (Lipinski definition) is 5. The highest BCUT2D eigenvalue weighted by Crippen LogP contribution is 2.42. The van der Waals surface area contributed by atoms with Crippen LogP contribution in [0.25, 0.3) is 10.2 Å². The van der Waals surface area contributed by atoms with Gasteiger partial charge in [-0.3, -0.25) is 0 Å². The van der Waals surface area contributed by atoms with Gasteiger partial charge >= 0.3 is 0 Å². The summed E-state index contributed by atoms with van der Waals surface area (Å²) in [5.41, 5.74) is 2.28. The van der Waals surface area contributed by atoms with Gasteiger partial charge in [0.25, 0.3) is 0 Å². The normalized spacial score (nSPS) is 24.5. The number of morpholine rings is 1. The number of nitrogens with zero attached hydrogens (tertiary/aromatic N) is 2. The lowest BCUT2D eigenvalue weighted by Crippen LogP contribution is -2.64. The first-order chi connectivity index (χ1) is 10.1. The third kappa shape index (κ3) is 2.10. The molecule has 2 aliphatic heterocycles. The van der Waals surface area contributed by atoms with E-state index in [2.05, 4.69) is 31.7 Å². The average Bonchev–Trinajstić information content (AvgIpc) is 2.86. The maximum absolute atomic E-state index is 5.88. The maximum atomic E-state index is 5.88. The van der Waals surface area contributed by atoms with E-state index in [4.69, 9.17) is 14.5 Å². The topological polar surface area (TPSA) is 34.6 Å². The second-order valence-electron chi connectivity index (χ2n) is 6.19. The number of anilines is 1. The third-order valence-electron chi connectivity index (χ3n) is 4.28. The zero-order valence-corrected chi connectivity index (χ0v) is 13.4. The molecule has 0 aliphatic carbocycles. The van der Waals surface area contributed by atoms with Crippen LogP contribution in [-0.4, -0.2) is 36.4 Å². The fourth-order valence-electron chi connectivity index (χ4n) is 3.24. The summed E-state index contributed by atoms with van der Waals surface area (Å²) in [5, 5.41) is 1.14. The first-order valence-electron chi connectivity index (χ1n) is 7.56. The molecule has 5 heteroatoms. The molecule has 2 atom stereocenters. The Bertz CT molecular complexity index is 668. The van der Waals surface area contributed by atoms with E-state index < -0.39 is 0 Å². The van der Waals surface area contributed by atoms with Gasteiger partial charge in [-0.1, -0.05) is 11.3 Å². The van der Waals surface area contributed by atoms with Gasteiger partial charge in [0.15, 0.2) is 5.13 Å². The Balaban J connectivity index is 1.71. The van der Waals surface area contributed by atoms with Crippen molar-refractivity contribution in [1.29, 1.82) is 0 Å². The average molecular weight is 304 g/mol. The monoisotopic (exact) mass is 304 g/mol. The zero-order chi connectivity index (χ0) is 14.6. The largest absolute Gasteiger partial charge is 0.491 e. The van der Waals surface area contributed by atoms with Gasteiger partial charge in [0, 0.05) is 5.56 Å². The predicted octanol–water partition coefficient (Wildman–Crippen LogP) is 3.37. The van der Waals surface area contributed by atoms with Gasteiger partial charge in [-0.25, -0.2) is 4.98 Å². The minimum Gasteiger partial charge on any atom is -0.491 e. The molecule has 0 amide bonds. The Kier molecular flexibility index (Phi) is 3.08. The standard InChI is InChI=1S/C16H20N2O2S/c1-9(2)20-14-5-4-13-15(10(14)3)21-16(17-13)18-11-6-12(18)8-19-7-11/h4-5,9,11-12H,6-8H2,1-3H3. The highest BCUT2D eigenvalue weighted by molar-refractivity contribution is 7.22. The summed E-state index contributed by atoms with van der Waals surface area (Å²) in [6.07, 6.45) is 1.44. The second-order valence-corrected chi connectivity index (χ2v) is 7.17. The first kappa shape index (κ1) is 13.3. The first-order valence-corrected chi connectivity index (χ1v) is 8.38. The van der Waals surface area contributed by atoms with E-state index in [1.54, 1.807) is 11.3 Å². The van der Waals surface area contributed by atoms with Crippen LogP contribution in [0.4, 0.5) is 5.13 Å². The van der Waals surface area contributed by atoms with Crippen LogP contribution in [0.15, 0.2) is 12.1 Å². The van der Waals surface area contributed by atoms with E-state index in [-0.39, 0.29) is 6.10 Å². The van der Waals surface area contributed by atoms with Crippen LogP contribution in [-0.2, 0) is 4.74 Å². The van der Waals surface area contributed by atoms with Crippen molar-refractivity contribution < 1.29 is 9.47 Å². The summed E-state index contributed by atoms with van der Waals surface area (Å²) in [6, 6.07) is 5.17. The molecule has 1 aromatic carbocycles. The van der Waals surface area contributed by atoms with Crippen LogP contribution in [0.2, 0.25) is 0 Å². The summed E-state index contributed by atoms with van der Waals surface area (Å²) in [4.78, 5) is 7.27. The summed E-state index contributed by atoms with van der Waals surface area (Å²) in [6.45, 7) is 7.92. The summed E-state index contributed by atoms with van der Waals surface area (Å²) < 4.78 is 12.7. The zero-order valence-electron chi connectivity index (χ0n) is 12.6. The van der Waals surface area contributed by atoms with Crippen LogP contribution in [0.1, 0.15) is 25.8 Å². The number of fused-ring (bicyclic) bond motifs is 3. The fraction of sp³-hybridized carbons (Fsp3) is 0.562. The van der Waals surface area contributed by atoms with E-state index in [1.807, 2.05) is 6.07 Å². The number of ether oxygens (including phenoxy) is 2. The molecular formula is C16H20N2O2S. The van der Waals surface area contributed by atoms with Gasteiger partial charge in [-0.15, -0.1) is 0 Å². The van der Waals surface area contributed by atoms with Gasteiger partial charge in [0.05, 0.1) is 41.6 Å². The Morgan fingerprint density at radius 3 is 2.76 bits per heavy atom. The van der Waals surface area contributed by atoms with Crippen LogP contribution < -0.4 is 9.64 Å². The van der Waals surface area contributed by atoms with E-state index in [0.717, 1.165) is 29.6 Å². The second kappa shape index (κ2) is 4.85. The summed E-state index contributed by atoms with van der Waals surface area (Å²) >= 11 is 1.79. The van der Waals surface area contributed by atoms with Gasteiger partial charge in [0.1, 0.15) is 5.75 Å². The van der Waals surface area contributed by atoms with Crippen molar-refractivity contribution in [1.82, 2.24) is 4.98 Å². The Labute approximate surface area is 128 Å². The van der Waals surface area contributed by atoms with Crippen molar-refractivity contribution in [2.75, 3.05) is 18.1 Å². The van der Waals surface area contributed by atoms with Crippen molar-refractivity contribution in [3.05, 3.63) is 17.7 Å². The molecule has 4 nitrogen and oxygen atoms in total. The molecular weight excluding hydrogens is 284 g/mol. The lowest BCUT2D eigenvalue weighted by atomic mass is 9.92. The van der Waals surface area contributed by atoms with Crippen molar-refractivity contribution in [3.8, 4) is 5.75 Å². The van der Waals surface area contributed by atoms with E-state index in [0.29, 0.717) is 12.1 Å². The molecule has 0 saturated carbocycles. The van der Waals surface area contributed by atoms with Crippen molar-refractivity contribution in [2.45, 2.75) is 45.4 Å². The number of aryl methyl sites for hydroxylation is 1. The molecule has 112 valence electrons. The Morgan fingerprint density at radius 1 is 1.33 bits per heavy atom. The highest BCUT2D eigenvalue weighted by Gasteiger charge is 2.43. The predicted molar refractivity (Wildman–Crippen MR) is 85.6 cm³/mol. The highest BCUT2D eigenvalue weighted by atomic mass is 32.1. The number of thiazole rings is 1. The van der Waals surface area contributed by atoms with Crippen molar-refractivity contribution >= 4 is 26.7 Å². The van der Waals surface area contributed by atoms with Gasteiger partial charge < -0.3 is 14.4 Å². The van der Waals surface area contributed by atoms with E-state index in [1.165, 1.54) is 16.7 Å². The molecule has 2 fully saturated rings. The summed E-state index contributed by atoms with van der Waals surface area (Å²) in [5.74, 6) is 0.972. The molecule has 0 radical (unpaired) electrons. The molecule has 0 N–H and O–H groups in total. The smallest absolute Gasteiger partial charge is 0.187 e. The number of rotatable bonds is 3. The number of aromatic nitrogens is 1. The van der Waals surface area contributed by atoms with Gasteiger partial charge in [0.2, 0.25) is 0 Å². The number of hydrogen-bond donors (Lipinski definition) is 0. The van der Waals surface area contributed by atoms with Gasteiger partial charge in [-0.05, 0) is 39.3 Å². The lowest BCUT2D eigenvalue weighted by Gasteiger charge is -2.52. The molecule has 21 heavy (non-hydrogen) atoms. The third-order valence-corrected chi connectivity index (χ3v) is 5.48. The molecule has 2 aromatic rings.